The molecule has 0 radical (unpaired) electrons. The van der Waals surface area contributed by atoms with Crippen molar-refractivity contribution in [3.8, 4) is 0 Å². The number of hydrogen-bond acceptors (Lipinski definition) is 4. The predicted octanol–water partition coefficient (Wildman–Crippen LogP) is 3.04. The first-order chi connectivity index (χ1) is 10.2. The topological polar surface area (TPSA) is 64.6 Å². The van der Waals surface area contributed by atoms with Crippen molar-refractivity contribution in [1.29, 1.82) is 0 Å². The van der Waals surface area contributed by atoms with Crippen LogP contribution in [0.2, 0.25) is 0 Å². The van der Waals surface area contributed by atoms with Gasteiger partial charge in [0.2, 0.25) is 0 Å². The fraction of sp³-hybridized carbons (Fsp3) is 0.529. The molecule has 0 heterocycles. The summed E-state index contributed by atoms with van der Waals surface area (Å²) in [6.07, 6.45) is 1.59. The molecule has 3 saturated carbocycles. The summed E-state index contributed by atoms with van der Waals surface area (Å²) in [6, 6.07) is 8.96. The molecule has 1 aromatic carbocycles. The lowest BCUT2D eigenvalue weighted by atomic mass is 9.46. The van der Waals surface area contributed by atoms with Crippen molar-refractivity contribution in [3.63, 3.8) is 0 Å². The van der Waals surface area contributed by atoms with Gasteiger partial charge >= 0.3 is 12.1 Å². The smallest absolute Gasteiger partial charge is 0.408 e. The molecule has 0 atom stereocenters. The van der Waals surface area contributed by atoms with Gasteiger partial charge in [0.1, 0.15) is 11.2 Å². The van der Waals surface area contributed by atoms with Gasteiger partial charge in [-0.3, -0.25) is 0 Å². The van der Waals surface area contributed by atoms with E-state index in [1.54, 1.807) is 12.1 Å². The minimum absolute atomic E-state index is 0.251. The number of rotatable bonds is 3. The molecular formula is C17H21NO4. The highest BCUT2D eigenvalue weighted by Crippen LogP contribution is 2.62. The Kier molecular flexibility index (Phi) is 3.20. The van der Waals surface area contributed by atoms with Gasteiger partial charge in [-0.1, -0.05) is 18.2 Å². The van der Waals surface area contributed by atoms with Crippen molar-refractivity contribution in [3.05, 3.63) is 35.9 Å². The minimum Gasteiger partial charge on any atom is -0.455 e. The Labute approximate surface area is 130 Å². The van der Waals surface area contributed by atoms with Crippen molar-refractivity contribution >= 4 is 12.1 Å². The van der Waals surface area contributed by atoms with Crippen LogP contribution >= 0.6 is 0 Å². The van der Waals surface area contributed by atoms with E-state index in [9.17, 15) is 9.59 Å². The number of amides is 1. The lowest BCUT2D eigenvalue weighted by molar-refractivity contribution is -0.218. The summed E-state index contributed by atoms with van der Waals surface area (Å²) < 4.78 is 10.9. The van der Waals surface area contributed by atoms with Crippen LogP contribution in [0.1, 0.15) is 50.4 Å². The lowest BCUT2D eigenvalue weighted by Gasteiger charge is -2.68. The molecule has 0 saturated heterocycles. The van der Waals surface area contributed by atoms with Gasteiger partial charge < -0.3 is 14.8 Å². The van der Waals surface area contributed by atoms with Gasteiger partial charge in [-0.25, -0.2) is 9.59 Å². The van der Waals surface area contributed by atoms with Crippen LogP contribution in [-0.4, -0.2) is 28.8 Å². The molecule has 0 unspecified atom stereocenters. The summed E-state index contributed by atoms with van der Waals surface area (Å²) in [6.45, 7) is 5.49. The number of carbonyl (C=O) groups is 2. The monoisotopic (exact) mass is 303 g/mol. The molecule has 2 bridgehead atoms. The third-order valence-electron chi connectivity index (χ3n) is 4.07. The molecule has 118 valence electrons. The highest BCUT2D eigenvalue weighted by molar-refractivity contribution is 5.90. The van der Waals surface area contributed by atoms with Gasteiger partial charge in [-0.2, -0.15) is 0 Å². The summed E-state index contributed by atoms with van der Waals surface area (Å²) in [5.41, 5.74) is -0.604. The average molecular weight is 303 g/mol. The van der Waals surface area contributed by atoms with Crippen LogP contribution in [-0.2, 0) is 9.47 Å². The Morgan fingerprint density at radius 1 is 1.09 bits per heavy atom. The molecular weight excluding hydrogens is 282 g/mol. The molecule has 3 fully saturated rings. The van der Waals surface area contributed by atoms with Crippen LogP contribution < -0.4 is 5.32 Å². The van der Waals surface area contributed by atoms with Gasteiger partial charge in [0, 0.05) is 19.3 Å². The molecule has 1 aromatic rings. The zero-order chi connectivity index (χ0) is 16.0. The largest absolute Gasteiger partial charge is 0.455 e. The molecule has 22 heavy (non-hydrogen) atoms. The predicted molar refractivity (Wildman–Crippen MR) is 80.5 cm³/mol. The first-order valence-corrected chi connectivity index (χ1v) is 7.51. The second-order valence-corrected chi connectivity index (χ2v) is 7.38. The van der Waals surface area contributed by atoms with Crippen LogP contribution in [0.3, 0.4) is 0 Å². The van der Waals surface area contributed by atoms with E-state index >= 15 is 0 Å². The van der Waals surface area contributed by atoms with Gasteiger partial charge in [-0.05, 0) is 32.9 Å². The fourth-order valence-corrected chi connectivity index (χ4v) is 3.29. The summed E-state index contributed by atoms with van der Waals surface area (Å²) in [5, 5.41) is 2.90. The van der Waals surface area contributed by atoms with Crippen molar-refractivity contribution in [2.24, 2.45) is 0 Å². The van der Waals surface area contributed by atoms with Crippen molar-refractivity contribution in [2.75, 3.05) is 0 Å². The van der Waals surface area contributed by atoms with Gasteiger partial charge in [0.15, 0.2) is 0 Å². The number of benzene rings is 1. The number of carbonyl (C=O) groups excluding carboxylic acids is 2. The standard InChI is InChI=1S/C17H21NO4/c1-15(2,3)22-14(20)18-16-9-17(10-16,11-16)21-13(19)12-7-5-4-6-8-12/h4-8H,9-11H2,1-3H3,(H,18,20). The van der Waals surface area contributed by atoms with Crippen LogP contribution in [0.5, 0.6) is 0 Å². The van der Waals surface area contributed by atoms with Crippen molar-refractivity contribution in [1.82, 2.24) is 5.32 Å². The molecule has 0 aromatic heterocycles. The molecule has 1 amide bonds. The van der Waals surface area contributed by atoms with Crippen molar-refractivity contribution < 1.29 is 19.1 Å². The number of alkyl carbamates (subject to hydrolysis) is 1. The van der Waals surface area contributed by atoms with E-state index in [-0.39, 0.29) is 11.5 Å². The van der Waals surface area contributed by atoms with Crippen molar-refractivity contribution in [2.45, 2.75) is 56.8 Å². The molecule has 1 N–H and O–H groups in total. The Hall–Kier alpha value is -2.04. The Morgan fingerprint density at radius 3 is 2.23 bits per heavy atom. The summed E-state index contributed by atoms with van der Waals surface area (Å²) in [4.78, 5) is 23.9. The summed E-state index contributed by atoms with van der Waals surface area (Å²) in [5.74, 6) is -0.300. The maximum Gasteiger partial charge on any atom is 0.408 e. The second kappa shape index (κ2) is 4.73. The third-order valence-corrected chi connectivity index (χ3v) is 4.07. The molecule has 4 rings (SSSR count). The highest BCUT2D eigenvalue weighted by Gasteiger charge is 2.71. The van der Waals surface area contributed by atoms with E-state index in [1.165, 1.54) is 0 Å². The maximum atomic E-state index is 12.1. The molecule has 0 aliphatic heterocycles. The molecule has 0 spiro atoms. The second-order valence-electron chi connectivity index (χ2n) is 7.38. The van der Waals surface area contributed by atoms with Gasteiger partial charge in [-0.15, -0.1) is 0 Å². The van der Waals surface area contributed by atoms with Gasteiger partial charge in [0.05, 0.1) is 11.1 Å². The summed E-state index contributed by atoms with van der Waals surface area (Å²) >= 11 is 0. The van der Waals surface area contributed by atoms with E-state index < -0.39 is 17.3 Å². The Bertz CT molecular complexity index is 583. The zero-order valence-corrected chi connectivity index (χ0v) is 13.1. The molecule has 5 heteroatoms. The van der Waals surface area contributed by atoms with Crippen LogP contribution in [0.4, 0.5) is 4.79 Å². The van der Waals surface area contributed by atoms with E-state index in [0.29, 0.717) is 24.8 Å². The zero-order valence-electron chi connectivity index (χ0n) is 13.1. The number of hydrogen-bond donors (Lipinski definition) is 1. The number of nitrogens with one attached hydrogen (secondary N) is 1. The maximum absolute atomic E-state index is 12.1. The molecule has 5 nitrogen and oxygen atoms in total. The average Bonchev–Trinajstić information content (AvgIpc) is 2.33. The van der Waals surface area contributed by atoms with Crippen LogP contribution in [0.25, 0.3) is 0 Å². The van der Waals surface area contributed by atoms with Gasteiger partial charge in [0.25, 0.3) is 0 Å². The lowest BCUT2D eigenvalue weighted by Crippen LogP contribution is -2.79. The van der Waals surface area contributed by atoms with Crippen LogP contribution in [0, 0.1) is 0 Å². The number of ether oxygens (including phenoxy) is 2. The first-order valence-electron chi connectivity index (χ1n) is 7.51. The molecule has 3 aliphatic carbocycles. The SMILES string of the molecule is CC(C)(C)OC(=O)NC12CC(OC(=O)c3ccccc3)(C1)C2. The minimum atomic E-state index is -0.509. The first kappa shape index (κ1) is 14.9. The van der Waals surface area contributed by atoms with E-state index in [1.807, 2.05) is 39.0 Å². The van der Waals surface area contributed by atoms with E-state index in [0.717, 1.165) is 0 Å². The third kappa shape index (κ3) is 2.80. The Morgan fingerprint density at radius 2 is 1.68 bits per heavy atom. The number of esters is 1. The summed E-state index contributed by atoms with van der Waals surface area (Å²) in [7, 11) is 0. The normalized spacial score (nSPS) is 28.9. The van der Waals surface area contributed by atoms with E-state index in [2.05, 4.69) is 5.32 Å². The quantitative estimate of drug-likeness (QED) is 0.872. The molecule has 3 aliphatic rings. The van der Waals surface area contributed by atoms with Crippen LogP contribution in [0.15, 0.2) is 30.3 Å². The van der Waals surface area contributed by atoms with E-state index in [4.69, 9.17) is 9.47 Å². The highest BCUT2D eigenvalue weighted by atomic mass is 16.6. The fourth-order valence-electron chi connectivity index (χ4n) is 3.29. The Balaban J connectivity index is 1.50.